The summed E-state index contributed by atoms with van der Waals surface area (Å²) in [7, 11) is 0. The Morgan fingerprint density at radius 1 is 1.30 bits per heavy atom. The van der Waals surface area contributed by atoms with Crippen LogP contribution in [-0.4, -0.2) is 13.1 Å². The molecule has 20 heavy (non-hydrogen) atoms. The van der Waals surface area contributed by atoms with Crippen molar-refractivity contribution in [3.63, 3.8) is 0 Å². The normalized spacial score (nSPS) is 17.1. The number of nitriles is 1. The molecule has 0 aliphatic carbocycles. The quantitative estimate of drug-likeness (QED) is 0.732. The number of piperidine rings is 1. The average molecular weight is 335 g/mol. The van der Waals surface area contributed by atoms with Gasteiger partial charge in [0.05, 0.1) is 11.3 Å². The van der Waals surface area contributed by atoms with Crippen LogP contribution in [-0.2, 0) is 5.33 Å². The molecule has 1 aromatic rings. The van der Waals surface area contributed by atoms with Gasteiger partial charge in [0.15, 0.2) is 0 Å². The molecule has 0 unspecified atom stereocenters. The highest BCUT2D eigenvalue weighted by Gasteiger charge is 2.29. The van der Waals surface area contributed by atoms with E-state index in [9.17, 15) is 5.26 Å². The smallest absolute Gasteiger partial charge is 0.101 e. The molecule has 0 bridgehead atoms. The van der Waals surface area contributed by atoms with Gasteiger partial charge in [0.1, 0.15) is 6.07 Å². The Morgan fingerprint density at radius 2 is 1.95 bits per heavy atom. The van der Waals surface area contributed by atoms with E-state index in [1.807, 2.05) is 6.07 Å². The maximum Gasteiger partial charge on any atom is 0.101 e. The fourth-order valence-electron chi connectivity index (χ4n) is 3.02. The van der Waals surface area contributed by atoms with Crippen molar-refractivity contribution in [1.29, 1.82) is 5.26 Å². The Balaban J connectivity index is 2.13. The molecular weight excluding hydrogens is 312 g/mol. The number of alkyl halides is 1. The van der Waals surface area contributed by atoms with Gasteiger partial charge in [-0.1, -0.05) is 42.8 Å². The Kier molecular flexibility index (Phi) is 4.75. The van der Waals surface area contributed by atoms with Crippen LogP contribution in [0.3, 0.4) is 0 Å². The van der Waals surface area contributed by atoms with E-state index in [1.54, 1.807) is 0 Å². The molecule has 0 radical (unpaired) electrons. The maximum atomic E-state index is 9.36. The number of halogens is 1. The van der Waals surface area contributed by atoms with Crippen LogP contribution in [0.2, 0.25) is 0 Å². The Labute approximate surface area is 130 Å². The summed E-state index contributed by atoms with van der Waals surface area (Å²) in [6.45, 7) is 9.12. The summed E-state index contributed by atoms with van der Waals surface area (Å²) in [6, 6.07) is 8.56. The first-order chi connectivity index (χ1) is 9.45. The molecule has 0 spiro atoms. The van der Waals surface area contributed by atoms with Gasteiger partial charge in [-0.2, -0.15) is 5.26 Å². The highest BCUT2D eigenvalue weighted by Crippen LogP contribution is 2.36. The van der Waals surface area contributed by atoms with Crippen molar-refractivity contribution in [3.8, 4) is 6.07 Å². The third kappa shape index (κ3) is 3.35. The van der Waals surface area contributed by atoms with Crippen LogP contribution in [0.1, 0.15) is 44.7 Å². The minimum absolute atomic E-state index is 0.393. The molecule has 1 aromatic carbocycles. The second-order valence-electron chi connectivity index (χ2n) is 6.72. The first-order valence-electron chi connectivity index (χ1n) is 7.29. The minimum atomic E-state index is 0.393. The molecule has 2 nitrogen and oxygen atoms in total. The Bertz CT molecular complexity index is 503. The molecule has 1 saturated heterocycles. The number of nitrogens with zero attached hydrogens (tertiary/aromatic N) is 2. The summed E-state index contributed by atoms with van der Waals surface area (Å²) in [6.07, 6.45) is 2.43. The van der Waals surface area contributed by atoms with E-state index in [2.05, 4.69) is 59.8 Å². The summed E-state index contributed by atoms with van der Waals surface area (Å²) in [5.74, 6) is 0.783. The van der Waals surface area contributed by atoms with E-state index in [1.165, 1.54) is 12.8 Å². The summed E-state index contributed by atoms with van der Waals surface area (Å²) in [5, 5.41) is 10.2. The van der Waals surface area contributed by atoms with Gasteiger partial charge in [0, 0.05) is 18.4 Å². The zero-order valence-corrected chi connectivity index (χ0v) is 14.2. The van der Waals surface area contributed by atoms with Crippen molar-refractivity contribution in [2.24, 2.45) is 11.3 Å². The third-order valence-corrected chi connectivity index (χ3v) is 5.04. The Hall–Kier alpha value is -1.01. The summed E-state index contributed by atoms with van der Waals surface area (Å²) >= 11 is 3.45. The average Bonchev–Trinajstić information content (AvgIpc) is 2.45. The van der Waals surface area contributed by atoms with Gasteiger partial charge >= 0.3 is 0 Å². The van der Waals surface area contributed by atoms with Crippen LogP contribution in [0.25, 0.3) is 0 Å². The fraction of sp³-hybridized carbons (Fsp3) is 0.588. The van der Waals surface area contributed by atoms with Gasteiger partial charge < -0.3 is 4.90 Å². The monoisotopic (exact) mass is 334 g/mol. The van der Waals surface area contributed by atoms with Crippen molar-refractivity contribution in [2.75, 3.05) is 18.0 Å². The zero-order chi connectivity index (χ0) is 14.8. The molecule has 0 aromatic heterocycles. The number of hydrogen-bond acceptors (Lipinski definition) is 2. The standard InChI is InChI=1S/C17H23BrN2/c1-17(2,3)15-6-8-20(9-7-15)16-5-4-13(11-18)10-14(16)12-19/h4-5,10,15H,6-9,11H2,1-3H3. The minimum Gasteiger partial charge on any atom is -0.370 e. The van der Waals surface area contributed by atoms with Crippen molar-refractivity contribution in [2.45, 2.75) is 38.9 Å². The lowest BCUT2D eigenvalue weighted by molar-refractivity contribution is 0.199. The predicted octanol–water partition coefficient (Wildman–Crippen LogP) is 4.72. The van der Waals surface area contributed by atoms with E-state index in [4.69, 9.17) is 0 Å². The van der Waals surface area contributed by atoms with Crippen LogP contribution in [0.4, 0.5) is 5.69 Å². The number of benzene rings is 1. The largest absolute Gasteiger partial charge is 0.370 e. The second-order valence-corrected chi connectivity index (χ2v) is 7.29. The highest BCUT2D eigenvalue weighted by atomic mass is 79.9. The molecule has 1 heterocycles. The summed E-state index contributed by atoms with van der Waals surface area (Å²) < 4.78 is 0. The lowest BCUT2D eigenvalue weighted by atomic mass is 9.75. The van der Waals surface area contributed by atoms with Crippen molar-refractivity contribution in [3.05, 3.63) is 29.3 Å². The molecule has 0 N–H and O–H groups in total. The van der Waals surface area contributed by atoms with E-state index < -0.39 is 0 Å². The molecular formula is C17H23BrN2. The maximum absolute atomic E-state index is 9.36. The van der Waals surface area contributed by atoms with E-state index in [-0.39, 0.29) is 0 Å². The molecule has 108 valence electrons. The molecule has 2 rings (SSSR count). The predicted molar refractivity (Wildman–Crippen MR) is 88.2 cm³/mol. The molecule has 1 aliphatic rings. The van der Waals surface area contributed by atoms with Gasteiger partial charge in [0.2, 0.25) is 0 Å². The van der Waals surface area contributed by atoms with Crippen LogP contribution < -0.4 is 4.90 Å². The third-order valence-electron chi connectivity index (χ3n) is 4.40. The van der Waals surface area contributed by atoms with Gasteiger partial charge in [-0.15, -0.1) is 0 Å². The van der Waals surface area contributed by atoms with E-state index >= 15 is 0 Å². The van der Waals surface area contributed by atoms with Crippen molar-refractivity contribution < 1.29 is 0 Å². The molecule has 3 heteroatoms. The summed E-state index contributed by atoms with van der Waals surface area (Å²) in [5.41, 5.74) is 3.46. The van der Waals surface area contributed by atoms with Crippen molar-refractivity contribution >= 4 is 21.6 Å². The Morgan fingerprint density at radius 3 is 2.45 bits per heavy atom. The fourth-order valence-corrected chi connectivity index (χ4v) is 3.37. The first kappa shape index (κ1) is 15.4. The topological polar surface area (TPSA) is 27.0 Å². The van der Waals surface area contributed by atoms with E-state index in [0.29, 0.717) is 5.41 Å². The number of hydrogen-bond donors (Lipinski definition) is 0. The lowest BCUT2D eigenvalue weighted by Gasteiger charge is -2.40. The molecule has 0 amide bonds. The molecule has 0 atom stereocenters. The first-order valence-corrected chi connectivity index (χ1v) is 8.42. The van der Waals surface area contributed by atoms with Crippen LogP contribution in [0.15, 0.2) is 18.2 Å². The molecule has 1 aliphatic heterocycles. The van der Waals surface area contributed by atoms with Crippen molar-refractivity contribution in [1.82, 2.24) is 0 Å². The molecule has 1 fully saturated rings. The van der Waals surface area contributed by atoms with Gasteiger partial charge in [-0.05, 0) is 41.9 Å². The SMILES string of the molecule is CC(C)(C)C1CCN(c2ccc(CBr)cc2C#N)CC1. The zero-order valence-electron chi connectivity index (χ0n) is 12.6. The van der Waals surface area contributed by atoms with Gasteiger partial charge in [-0.25, -0.2) is 0 Å². The second kappa shape index (κ2) is 6.18. The highest BCUT2D eigenvalue weighted by molar-refractivity contribution is 9.08. The lowest BCUT2D eigenvalue weighted by Crippen LogP contribution is -2.38. The van der Waals surface area contributed by atoms with Crippen LogP contribution in [0.5, 0.6) is 0 Å². The van der Waals surface area contributed by atoms with Gasteiger partial charge in [-0.3, -0.25) is 0 Å². The van der Waals surface area contributed by atoms with E-state index in [0.717, 1.165) is 41.2 Å². The molecule has 0 saturated carbocycles. The van der Waals surface area contributed by atoms with Crippen LogP contribution >= 0.6 is 15.9 Å². The number of anilines is 1. The van der Waals surface area contributed by atoms with Gasteiger partial charge in [0.25, 0.3) is 0 Å². The number of rotatable bonds is 2. The van der Waals surface area contributed by atoms with Crippen LogP contribution in [0, 0.1) is 22.7 Å². The summed E-state index contributed by atoms with van der Waals surface area (Å²) in [4.78, 5) is 2.37.